The second-order valence-corrected chi connectivity index (χ2v) is 9.36. The van der Waals surface area contributed by atoms with Crippen molar-refractivity contribution in [1.82, 2.24) is 14.5 Å². The Morgan fingerprint density at radius 2 is 1.81 bits per heavy atom. The van der Waals surface area contributed by atoms with Gasteiger partial charge in [0.25, 0.3) is 0 Å². The van der Waals surface area contributed by atoms with Gasteiger partial charge in [-0.15, -0.1) is 0 Å². The van der Waals surface area contributed by atoms with Gasteiger partial charge in [-0.2, -0.15) is 0 Å². The molecule has 0 unspecified atom stereocenters. The molecular weight excluding hydrogens is 460 g/mol. The van der Waals surface area contributed by atoms with E-state index in [1.54, 1.807) is 12.5 Å². The quantitative estimate of drug-likeness (QED) is 0.274. The molecule has 1 N–H and O–H groups in total. The summed E-state index contributed by atoms with van der Waals surface area (Å²) in [5.41, 5.74) is 4.94. The van der Waals surface area contributed by atoms with E-state index in [1.165, 1.54) is 0 Å². The highest BCUT2D eigenvalue weighted by atomic mass is 16.5. The normalized spacial score (nSPS) is 13.8. The first-order valence-electron chi connectivity index (χ1n) is 12.7. The zero-order valence-electron chi connectivity index (χ0n) is 20.5. The monoisotopic (exact) mass is 488 g/mol. The van der Waals surface area contributed by atoms with Crippen LogP contribution in [0.1, 0.15) is 46.0 Å². The van der Waals surface area contributed by atoms with Gasteiger partial charge < -0.3 is 14.6 Å². The first kappa shape index (κ1) is 23.0. The summed E-state index contributed by atoms with van der Waals surface area (Å²) >= 11 is 0. The molecule has 2 heterocycles. The molecule has 0 aliphatic heterocycles. The third-order valence-corrected chi connectivity index (χ3v) is 6.94. The van der Waals surface area contributed by atoms with Crippen LogP contribution in [0, 0.1) is 0 Å². The van der Waals surface area contributed by atoms with Crippen molar-refractivity contribution in [1.29, 1.82) is 0 Å². The molecule has 0 saturated carbocycles. The fourth-order valence-electron chi connectivity index (χ4n) is 5.04. The van der Waals surface area contributed by atoms with E-state index < -0.39 is 0 Å². The Labute approximate surface area is 216 Å². The number of hydrogen-bond donors (Lipinski definition) is 1. The van der Waals surface area contributed by atoms with Gasteiger partial charge in [0.1, 0.15) is 17.7 Å². The Morgan fingerprint density at radius 3 is 2.68 bits per heavy atom. The number of rotatable bonds is 8. The van der Waals surface area contributed by atoms with E-state index >= 15 is 0 Å². The van der Waals surface area contributed by atoms with Crippen LogP contribution in [-0.2, 0) is 19.5 Å². The van der Waals surface area contributed by atoms with Gasteiger partial charge in [-0.05, 0) is 54.3 Å². The van der Waals surface area contributed by atoms with E-state index in [-0.39, 0.29) is 11.9 Å². The van der Waals surface area contributed by atoms with Gasteiger partial charge >= 0.3 is 0 Å². The lowest BCUT2D eigenvalue weighted by atomic mass is 9.86. The summed E-state index contributed by atoms with van der Waals surface area (Å²) in [6.07, 6.45) is 7.62. The predicted octanol–water partition coefficient (Wildman–Crippen LogP) is 6.38. The number of aromatic nitrogens is 3. The highest BCUT2D eigenvalue weighted by molar-refractivity contribution is 5.99. The summed E-state index contributed by atoms with van der Waals surface area (Å²) in [5, 5.41) is 4.60. The van der Waals surface area contributed by atoms with Crippen molar-refractivity contribution in [3.8, 4) is 5.75 Å². The van der Waals surface area contributed by atoms with Gasteiger partial charge in [-0.25, -0.2) is 9.97 Å². The lowest BCUT2D eigenvalue weighted by molar-refractivity contribution is 0.0972. The van der Waals surface area contributed by atoms with Gasteiger partial charge in [0, 0.05) is 41.9 Å². The van der Waals surface area contributed by atoms with Crippen LogP contribution in [0.5, 0.6) is 5.75 Å². The van der Waals surface area contributed by atoms with Crippen LogP contribution in [0.25, 0.3) is 10.9 Å². The molecule has 0 spiro atoms. The van der Waals surface area contributed by atoms with Crippen LogP contribution >= 0.6 is 0 Å². The molecule has 0 fully saturated rings. The third-order valence-electron chi connectivity index (χ3n) is 6.94. The molecule has 0 saturated heterocycles. The Hall–Kier alpha value is -4.45. The Bertz CT molecular complexity index is 1530. The smallest absolute Gasteiger partial charge is 0.163 e. The zero-order chi connectivity index (χ0) is 25.0. The second kappa shape index (κ2) is 10.3. The lowest BCUT2D eigenvalue weighted by Gasteiger charge is -2.26. The zero-order valence-corrected chi connectivity index (χ0v) is 20.5. The number of pyridine rings is 1. The minimum absolute atomic E-state index is 0.205. The first-order chi connectivity index (χ1) is 18.2. The number of carbonyl (C=O) groups excluding carboxylic acids is 1. The molecule has 1 atom stereocenters. The summed E-state index contributed by atoms with van der Waals surface area (Å²) in [7, 11) is 0. The number of anilines is 1. The molecule has 0 amide bonds. The van der Waals surface area contributed by atoms with Crippen LogP contribution in [0.2, 0.25) is 0 Å². The maximum absolute atomic E-state index is 12.7. The van der Waals surface area contributed by atoms with Crippen molar-refractivity contribution in [2.75, 3.05) is 5.32 Å². The summed E-state index contributed by atoms with van der Waals surface area (Å²) in [6.45, 7) is 1.14. The minimum Gasteiger partial charge on any atom is -0.483 e. The Balaban J connectivity index is 1.35. The van der Waals surface area contributed by atoms with Gasteiger partial charge in [0.15, 0.2) is 5.78 Å². The molecule has 184 valence electrons. The number of para-hydroxylation sites is 1. The minimum atomic E-state index is -0.217. The maximum Gasteiger partial charge on any atom is 0.163 e. The largest absolute Gasteiger partial charge is 0.483 e. The number of benzene rings is 3. The standard InChI is InChI=1S/C31H28N4O2/c36-28-12-6-10-24-25(28)14-15-29(26(24)19-33-31-16-13-22-7-4-5-11-27(22)34-31)37-30(20-35-18-17-32-21-35)23-8-2-1-3-9-23/h1-5,7-9,11,13-18,21,30H,6,10,12,19-20H2,(H,33,34)/t30-/m1/s1. The van der Waals surface area contributed by atoms with Crippen LogP contribution in [0.4, 0.5) is 5.82 Å². The second-order valence-electron chi connectivity index (χ2n) is 9.36. The lowest BCUT2D eigenvalue weighted by Crippen LogP contribution is -2.19. The van der Waals surface area contributed by atoms with Crippen LogP contribution in [0.15, 0.2) is 97.6 Å². The molecule has 6 rings (SSSR count). The third kappa shape index (κ3) is 4.96. The number of fused-ring (bicyclic) bond motifs is 2. The van der Waals surface area contributed by atoms with Gasteiger partial charge in [0.05, 0.1) is 18.4 Å². The molecule has 6 heteroatoms. The molecule has 1 aliphatic carbocycles. The van der Waals surface area contributed by atoms with Crippen molar-refractivity contribution < 1.29 is 9.53 Å². The number of carbonyl (C=O) groups is 1. The summed E-state index contributed by atoms with van der Waals surface area (Å²) in [5.74, 6) is 1.79. The molecule has 0 radical (unpaired) electrons. The first-order valence-corrected chi connectivity index (χ1v) is 12.7. The summed E-state index contributed by atoms with van der Waals surface area (Å²) < 4.78 is 8.77. The average Bonchev–Trinajstić information content (AvgIpc) is 3.46. The molecule has 5 aromatic rings. The molecule has 1 aliphatic rings. The predicted molar refractivity (Wildman–Crippen MR) is 145 cm³/mol. The SMILES string of the molecule is O=C1CCCc2c1ccc(O[C@H](Cn1ccnc1)c1ccccc1)c2CNc1ccc2ccccc2n1. The number of ether oxygens (including phenoxy) is 1. The Morgan fingerprint density at radius 1 is 0.946 bits per heavy atom. The van der Waals surface area contributed by atoms with E-state index in [4.69, 9.17) is 9.72 Å². The van der Waals surface area contributed by atoms with E-state index in [0.29, 0.717) is 19.5 Å². The van der Waals surface area contributed by atoms with E-state index in [9.17, 15) is 4.79 Å². The van der Waals surface area contributed by atoms with Crippen molar-refractivity contribution >= 4 is 22.5 Å². The number of ketones is 1. The molecule has 37 heavy (non-hydrogen) atoms. The summed E-state index contributed by atoms with van der Waals surface area (Å²) in [6, 6.07) is 26.3. The highest BCUT2D eigenvalue weighted by Crippen LogP contribution is 2.35. The maximum atomic E-state index is 12.7. The van der Waals surface area contributed by atoms with Crippen molar-refractivity contribution in [3.05, 3.63) is 120 Å². The van der Waals surface area contributed by atoms with Crippen LogP contribution in [0.3, 0.4) is 0 Å². The van der Waals surface area contributed by atoms with E-state index in [1.807, 2.05) is 65.4 Å². The van der Waals surface area contributed by atoms with Crippen LogP contribution in [-0.4, -0.2) is 20.3 Å². The number of nitrogens with zero attached hydrogens (tertiary/aromatic N) is 3. The molecular formula is C31H28N4O2. The number of imidazole rings is 1. The van der Waals surface area contributed by atoms with E-state index in [0.717, 1.165) is 57.6 Å². The van der Waals surface area contributed by atoms with Crippen LogP contribution < -0.4 is 10.1 Å². The number of Topliss-reactive ketones (excluding diaryl/α,β-unsaturated/α-hetero) is 1. The molecule has 0 bridgehead atoms. The fraction of sp³-hybridized carbons (Fsp3) is 0.194. The topological polar surface area (TPSA) is 69.0 Å². The van der Waals surface area contributed by atoms with Crippen molar-refractivity contribution in [2.45, 2.75) is 38.5 Å². The molecule has 3 aromatic carbocycles. The number of nitrogens with one attached hydrogen (secondary N) is 1. The van der Waals surface area contributed by atoms with E-state index in [2.05, 4.69) is 34.6 Å². The molecule has 2 aromatic heterocycles. The molecule has 6 nitrogen and oxygen atoms in total. The van der Waals surface area contributed by atoms with Gasteiger partial charge in [0.2, 0.25) is 0 Å². The fourth-order valence-corrected chi connectivity index (χ4v) is 5.04. The van der Waals surface area contributed by atoms with Crippen molar-refractivity contribution in [2.24, 2.45) is 0 Å². The van der Waals surface area contributed by atoms with Gasteiger partial charge in [-0.3, -0.25) is 4.79 Å². The number of hydrogen-bond acceptors (Lipinski definition) is 5. The van der Waals surface area contributed by atoms with Crippen molar-refractivity contribution in [3.63, 3.8) is 0 Å². The Kier molecular flexibility index (Phi) is 6.38. The van der Waals surface area contributed by atoms with Gasteiger partial charge in [-0.1, -0.05) is 48.5 Å². The average molecular weight is 489 g/mol. The summed E-state index contributed by atoms with van der Waals surface area (Å²) in [4.78, 5) is 21.7. The highest BCUT2D eigenvalue weighted by Gasteiger charge is 2.24.